The molecule has 0 aromatic heterocycles. The molecule has 1 rings (SSSR count). The molecule has 1 aliphatic carbocycles. The number of ether oxygens (including phenoxy) is 1. The smallest absolute Gasteiger partial charge is 0.302 e. The van der Waals surface area contributed by atoms with Gasteiger partial charge < -0.3 is 10.1 Å². The van der Waals surface area contributed by atoms with Crippen LogP contribution in [-0.2, 0) is 14.3 Å². The summed E-state index contributed by atoms with van der Waals surface area (Å²) in [5.74, 6) is -0.332. The molecule has 4 heteroatoms. The van der Waals surface area contributed by atoms with Gasteiger partial charge in [-0.25, -0.2) is 0 Å². The van der Waals surface area contributed by atoms with Gasteiger partial charge in [0.05, 0.1) is 6.04 Å². The second-order valence-electron chi connectivity index (χ2n) is 3.74. The van der Waals surface area contributed by atoms with Gasteiger partial charge in [0.1, 0.15) is 6.10 Å². The standard InChI is InChI=1S/C10H17NO3/c1-7(12)11-9-5-3-4-6-10(9)14-8(2)13/h9-10H,3-6H2,1-2H3,(H,11,12)/t9-,10-/m0/s1. The second-order valence-corrected chi connectivity index (χ2v) is 3.74. The van der Waals surface area contributed by atoms with Gasteiger partial charge >= 0.3 is 5.97 Å². The van der Waals surface area contributed by atoms with Crippen molar-refractivity contribution < 1.29 is 14.3 Å². The van der Waals surface area contributed by atoms with Crippen molar-refractivity contribution in [3.63, 3.8) is 0 Å². The third-order valence-electron chi connectivity index (χ3n) is 2.41. The highest BCUT2D eigenvalue weighted by Crippen LogP contribution is 2.21. The maximum Gasteiger partial charge on any atom is 0.302 e. The maximum atomic E-state index is 10.9. The van der Waals surface area contributed by atoms with Crippen molar-refractivity contribution in [1.29, 1.82) is 0 Å². The largest absolute Gasteiger partial charge is 0.460 e. The minimum absolute atomic E-state index is 0.00477. The van der Waals surface area contributed by atoms with Gasteiger partial charge in [-0.1, -0.05) is 6.42 Å². The number of rotatable bonds is 2. The van der Waals surface area contributed by atoms with Crippen LogP contribution in [0, 0.1) is 0 Å². The van der Waals surface area contributed by atoms with Gasteiger partial charge in [0.25, 0.3) is 0 Å². The average molecular weight is 199 g/mol. The van der Waals surface area contributed by atoms with Crippen LogP contribution in [0.3, 0.4) is 0 Å². The van der Waals surface area contributed by atoms with Crippen LogP contribution >= 0.6 is 0 Å². The zero-order valence-electron chi connectivity index (χ0n) is 8.71. The van der Waals surface area contributed by atoms with Crippen molar-refractivity contribution in [2.45, 2.75) is 51.7 Å². The summed E-state index contributed by atoms with van der Waals surface area (Å²) in [7, 11) is 0. The number of esters is 1. The van der Waals surface area contributed by atoms with Crippen LogP contribution in [0.15, 0.2) is 0 Å². The Morgan fingerprint density at radius 3 is 2.43 bits per heavy atom. The fourth-order valence-corrected chi connectivity index (χ4v) is 1.88. The highest BCUT2D eigenvalue weighted by atomic mass is 16.5. The third-order valence-corrected chi connectivity index (χ3v) is 2.41. The molecular weight excluding hydrogens is 182 g/mol. The molecule has 0 unspecified atom stereocenters. The molecule has 0 aromatic carbocycles. The molecule has 1 aliphatic rings. The average Bonchev–Trinajstić information content (AvgIpc) is 2.06. The predicted octanol–water partition coefficient (Wildman–Crippen LogP) is 0.997. The molecule has 0 aromatic rings. The predicted molar refractivity (Wildman–Crippen MR) is 51.6 cm³/mol. The molecule has 0 saturated heterocycles. The van der Waals surface area contributed by atoms with Gasteiger partial charge in [-0.3, -0.25) is 9.59 Å². The molecule has 2 atom stereocenters. The molecule has 14 heavy (non-hydrogen) atoms. The summed E-state index contributed by atoms with van der Waals surface area (Å²) in [4.78, 5) is 21.7. The number of hydrogen-bond acceptors (Lipinski definition) is 3. The van der Waals surface area contributed by atoms with E-state index in [9.17, 15) is 9.59 Å². The Morgan fingerprint density at radius 1 is 1.21 bits per heavy atom. The molecule has 1 amide bonds. The van der Waals surface area contributed by atoms with Gasteiger partial charge in [0.15, 0.2) is 0 Å². The molecule has 80 valence electrons. The van der Waals surface area contributed by atoms with Crippen molar-refractivity contribution >= 4 is 11.9 Å². The van der Waals surface area contributed by atoms with Gasteiger partial charge in [0.2, 0.25) is 5.91 Å². The van der Waals surface area contributed by atoms with E-state index in [1.165, 1.54) is 13.8 Å². The molecule has 1 fully saturated rings. The van der Waals surface area contributed by atoms with Gasteiger partial charge in [-0.2, -0.15) is 0 Å². The first kappa shape index (κ1) is 11.0. The van der Waals surface area contributed by atoms with E-state index in [4.69, 9.17) is 4.74 Å². The van der Waals surface area contributed by atoms with E-state index >= 15 is 0 Å². The second kappa shape index (κ2) is 4.98. The van der Waals surface area contributed by atoms with Crippen molar-refractivity contribution in [2.24, 2.45) is 0 Å². The van der Waals surface area contributed by atoms with Crippen LogP contribution in [0.25, 0.3) is 0 Å². The summed E-state index contributed by atoms with van der Waals surface area (Å²) in [6.45, 7) is 2.89. The number of nitrogens with one attached hydrogen (secondary N) is 1. The topological polar surface area (TPSA) is 55.4 Å². The fraction of sp³-hybridized carbons (Fsp3) is 0.800. The Balaban J connectivity index is 2.49. The lowest BCUT2D eigenvalue weighted by molar-refractivity contribution is -0.150. The van der Waals surface area contributed by atoms with E-state index < -0.39 is 0 Å². The fourth-order valence-electron chi connectivity index (χ4n) is 1.88. The summed E-state index contributed by atoms with van der Waals surface area (Å²) in [5, 5.41) is 2.82. The van der Waals surface area contributed by atoms with E-state index in [0.29, 0.717) is 0 Å². The first-order chi connectivity index (χ1) is 6.59. The van der Waals surface area contributed by atoms with Crippen molar-refractivity contribution in [3.8, 4) is 0 Å². The number of hydrogen-bond donors (Lipinski definition) is 1. The highest BCUT2D eigenvalue weighted by molar-refractivity contribution is 5.73. The molecule has 0 spiro atoms. The monoisotopic (exact) mass is 199 g/mol. The maximum absolute atomic E-state index is 10.9. The molecule has 1 saturated carbocycles. The van der Waals surface area contributed by atoms with Crippen LogP contribution in [0.4, 0.5) is 0 Å². The molecule has 1 N–H and O–H groups in total. The van der Waals surface area contributed by atoms with Gasteiger partial charge in [0, 0.05) is 13.8 Å². The SMILES string of the molecule is CC(=O)N[C@H]1CCCC[C@@H]1OC(C)=O. The molecule has 0 bridgehead atoms. The first-order valence-electron chi connectivity index (χ1n) is 5.04. The Labute approximate surface area is 84.0 Å². The van der Waals surface area contributed by atoms with Crippen LogP contribution < -0.4 is 5.32 Å². The van der Waals surface area contributed by atoms with E-state index in [1.807, 2.05) is 0 Å². The zero-order valence-corrected chi connectivity index (χ0v) is 8.71. The van der Waals surface area contributed by atoms with Crippen molar-refractivity contribution in [3.05, 3.63) is 0 Å². The van der Waals surface area contributed by atoms with Crippen LogP contribution in [0.2, 0.25) is 0 Å². The Morgan fingerprint density at radius 2 is 1.86 bits per heavy atom. The van der Waals surface area contributed by atoms with Crippen LogP contribution in [0.5, 0.6) is 0 Å². The molecular formula is C10H17NO3. The normalized spacial score (nSPS) is 26.7. The molecule has 0 radical (unpaired) electrons. The minimum atomic E-state index is -0.271. The summed E-state index contributed by atoms with van der Waals surface area (Å²) in [5.41, 5.74) is 0. The lowest BCUT2D eigenvalue weighted by Gasteiger charge is -2.31. The highest BCUT2D eigenvalue weighted by Gasteiger charge is 2.27. The Bertz CT molecular complexity index is 203. The van der Waals surface area contributed by atoms with E-state index in [1.54, 1.807) is 0 Å². The minimum Gasteiger partial charge on any atom is -0.460 e. The van der Waals surface area contributed by atoms with E-state index in [2.05, 4.69) is 5.32 Å². The summed E-state index contributed by atoms with van der Waals surface area (Å²) in [6.07, 6.45) is 3.77. The van der Waals surface area contributed by atoms with E-state index in [-0.39, 0.29) is 24.0 Å². The Kier molecular flexibility index (Phi) is 3.92. The summed E-state index contributed by atoms with van der Waals surface area (Å²) < 4.78 is 5.15. The lowest BCUT2D eigenvalue weighted by atomic mass is 9.92. The van der Waals surface area contributed by atoms with Crippen molar-refractivity contribution in [2.75, 3.05) is 0 Å². The molecule has 4 nitrogen and oxygen atoms in total. The van der Waals surface area contributed by atoms with Gasteiger partial charge in [-0.15, -0.1) is 0 Å². The lowest BCUT2D eigenvalue weighted by Crippen LogP contribution is -2.46. The number of carbonyl (C=O) groups excluding carboxylic acids is 2. The Hall–Kier alpha value is -1.06. The summed E-state index contributed by atoms with van der Waals surface area (Å²) >= 11 is 0. The van der Waals surface area contributed by atoms with Crippen LogP contribution in [0.1, 0.15) is 39.5 Å². The number of amides is 1. The molecule has 0 aliphatic heterocycles. The first-order valence-corrected chi connectivity index (χ1v) is 5.04. The quantitative estimate of drug-likeness (QED) is 0.675. The van der Waals surface area contributed by atoms with E-state index in [0.717, 1.165) is 25.7 Å². The van der Waals surface area contributed by atoms with Crippen LogP contribution in [-0.4, -0.2) is 24.0 Å². The molecule has 0 heterocycles. The summed E-state index contributed by atoms with van der Waals surface area (Å²) in [6, 6.07) is 0.00477. The zero-order chi connectivity index (χ0) is 10.6. The third kappa shape index (κ3) is 3.36. The van der Waals surface area contributed by atoms with Crippen molar-refractivity contribution in [1.82, 2.24) is 5.32 Å². The number of carbonyl (C=O) groups is 2. The van der Waals surface area contributed by atoms with Gasteiger partial charge in [-0.05, 0) is 19.3 Å².